The van der Waals surface area contributed by atoms with Crippen molar-refractivity contribution in [2.75, 3.05) is 46.3 Å². The Labute approximate surface area is 166 Å². The fraction of sp³-hybridized carbons (Fsp3) is 0.944. The first-order valence-corrected chi connectivity index (χ1v) is 9.56. The van der Waals surface area contributed by atoms with Gasteiger partial charge in [-0.3, -0.25) is 4.99 Å². The first-order valence-electron chi connectivity index (χ1n) is 9.56. The SMILES string of the molecule is CCNC(=NCC1CCCN(C)C1)NC1CCN(C(C)C)CC1.I. The van der Waals surface area contributed by atoms with Gasteiger partial charge in [0.25, 0.3) is 0 Å². The summed E-state index contributed by atoms with van der Waals surface area (Å²) >= 11 is 0. The van der Waals surface area contributed by atoms with Gasteiger partial charge in [0.05, 0.1) is 0 Å². The quantitative estimate of drug-likeness (QED) is 0.383. The maximum absolute atomic E-state index is 4.87. The average molecular weight is 451 g/mol. The minimum Gasteiger partial charge on any atom is -0.357 e. The number of guanidine groups is 1. The third kappa shape index (κ3) is 7.44. The van der Waals surface area contributed by atoms with Crippen molar-refractivity contribution in [3.63, 3.8) is 0 Å². The minimum absolute atomic E-state index is 0. The Morgan fingerprint density at radius 2 is 1.88 bits per heavy atom. The molecule has 0 aromatic rings. The molecule has 0 bridgehead atoms. The smallest absolute Gasteiger partial charge is 0.191 e. The highest BCUT2D eigenvalue weighted by atomic mass is 127. The van der Waals surface area contributed by atoms with Gasteiger partial charge in [0.1, 0.15) is 0 Å². The number of hydrogen-bond acceptors (Lipinski definition) is 3. The van der Waals surface area contributed by atoms with E-state index in [9.17, 15) is 0 Å². The summed E-state index contributed by atoms with van der Waals surface area (Å²) in [6, 6.07) is 1.23. The molecule has 0 spiro atoms. The van der Waals surface area contributed by atoms with Crippen molar-refractivity contribution < 1.29 is 0 Å². The second-order valence-electron chi connectivity index (χ2n) is 7.54. The van der Waals surface area contributed by atoms with Crippen LogP contribution in [0.3, 0.4) is 0 Å². The van der Waals surface area contributed by atoms with Crippen LogP contribution in [-0.2, 0) is 0 Å². The maximum atomic E-state index is 4.87. The molecule has 6 heteroatoms. The van der Waals surface area contributed by atoms with Gasteiger partial charge in [-0.25, -0.2) is 0 Å². The lowest BCUT2D eigenvalue weighted by molar-refractivity contribution is 0.167. The molecule has 1 unspecified atom stereocenters. The second-order valence-corrected chi connectivity index (χ2v) is 7.54. The molecular formula is C18H38IN5. The van der Waals surface area contributed by atoms with E-state index in [2.05, 4.69) is 48.3 Å². The van der Waals surface area contributed by atoms with E-state index in [1.807, 2.05) is 0 Å². The van der Waals surface area contributed by atoms with Crippen LogP contribution < -0.4 is 10.6 Å². The van der Waals surface area contributed by atoms with Crippen molar-refractivity contribution in [2.24, 2.45) is 10.9 Å². The van der Waals surface area contributed by atoms with Gasteiger partial charge in [-0.1, -0.05) is 0 Å². The third-order valence-corrected chi connectivity index (χ3v) is 5.17. The molecule has 2 aliphatic heterocycles. The van der Waals surface area contributed by atoms with E-state index < -0.39 is 0 Å². The Kier molecular flexibility index (Phi) is 10.5. The number of nitrogens with zero attached hydrogens (tertiary/aromatic N) is 3. The lowest BCUT2D eigenvalue weighted by atomic mass is 9.99. The maximum Gasteiger partial charge on any atom is 0.191 e. The van der Waals surface area contributed by atoms with Gasteiger partial charge in [-0.05, 0) is 66.0 Å². The van der Waals surface area contributed by atoms with Crippen molar-refractivity contribution in [2.45, 2.75) is 58.5 Å². The topological polar surface area (TPSA) is 42.9 Å². The van der Waals surface area contributed by atoms with Crippen LogP contribution >= 0.6 is 24.0 Å². The number of likely N-dealkylation sites (tertiary alicyclic amines) is 2. The van der Waals surface area contributed by atoms with Crippen molar-refractivity contribution in [3.8, 4) is 0 Å². The van der Waals surface area contributed by atoms with Crippen LogP contribution in [0.2, 0.25) is 0 Å². The lowest BCUT2D eigenvalue weighted by Crippen LogP contribution is -2.50. The van der Waals surface area contributed by atoms with E-state index in [0.29, 0.717) is 18.0 Å². The predicted octanol–water partition coefficient (Wildman–Crippen LogP) is 2.37. The van der Waals surface area contributed by atoms with Gasteiger partial charge < -0.3 is 20.4 Å². The number of aliphatic imine (C=N–C) groups is 1. The van der Waals surface area contributed by atoms with E-state index in [1.54, 1.807) is 0 Å². The van der Waals surface area contributed by atoms with E-state index >= 15 is 0 Å². The molecule has 1 atom stereocenters. The Morgan fingerprint density at radius 1 is 1.17 bits per heavy atom. The fourth-order valence-electron chi connectivity index (χ4n) is 3.72. The van der Waals surface area contributed by atoms with Crippen molar-refractivity contribution >= 4 is 29.9 Å². The highest BCUT2D eigenvalue weighted by Crippen LogP contribution is 2.15. The molecule has 5 nitrogen and oxygen atoms in total. The van der Waals surface area contributed by atoms with Crippen LogP contribution in [0, 0.1) is 5.92 Å². The number of nitrogens with one attached hydrogen (secondary N) is 2. The van der Waals surface area contributed by atoms with Crippen LogP contribution in [0.15, 0.2) is 4.99 Å². The first-order chi connectivity index (χ1) is 11.1. The standard InChI is InChI=1S/C18H37N5.HI/c1-5-19-18(20-13-16-7-6-10-22(4)14-16)21-17-8-11-23(12-9-17)15(2)3;/h15-17H,5-14H2,1-4H3,(H2,19,20,21);1H. The largest absolute Gasteiger partial charge is 0.357 e. The third-order valence-electron chi connectivity index (χ3n) is 5.17. The summed E-state index contributed by atoms with van der Waals surface area (Å²) in [5.74, 6) is 1.73. The number of halogens is 1. The molecule has 2 N–H and O–H groups in total. The molecular weight excluding hydrogens is 413 g/mol. The molecule has 2 heterocycles. The monoisotopic (exact) mass is 451 g/mol. The highest BCUT2D eigenvalue weighted by molar-refractivity contribution is 14.0. The molecule has 2 aliphatic rings. The Bertz CT molecular complexity index is 366. The fourth-order valence-corrected chi connectivity index (χ4v) is 3.72. The van der Waals surface area contributed by atoms with Gasteiger partial charge >= 0.3 is 0 Å². The Morgan fingerprint density at radius 3 is 2.46 bits per heavy atom. The summed E-state index contributed by atoms with van der Waals surface area (Å²) in [7, 11) is 2.22. The van der Waals surface area contributed by atoms with Gasteiger partial charge in [-0.2, -0.15) is 0 Å². The van der Waals surface area contributed by atoms with Crippen LogP contribution in [0.5, 0.6) is 0 Å². The number of hydrogen-bond donors (Lipinski definition) is 2. The molecule has 0 aromatic carbocycles. The van der Waals surface area contributed by atoms with E-state index in [1.165, 1.54) is 51.9 Å². The zero-order valence-corrected chi connectivity index (χ0v) is 18.4. The molecule has 0 amide bonds. The summed E-state index contributed by atoms with van der Waals surface area (Å²) in [4.78, 5) is 9.88. The Balaban J connectivity index is 0.00000288. The van der Waals surface area contributed by atoms with Crippen LogP contribution in [-0.4, -0.2) is 74.2 Å². The Hall–Kier alpha value is -0.0800. The van der Waals surface area contributed by atoms with Gasteiger partial charge in [0.15, 0.2) is 5.96 Å². The molecule has 2 saturated heterocycles. The summed E-state index contributed by atoms with van der Waals surface area (Å²) in [6.07, 6.45) is 5.07. The molecule has 0 saturated carbocycles. The zero-order chi connectivity index (χ0) is 16.7. The number of piperidine rings is 2. The predicted molar refractivity (Wildman–Crippen MR) is 114 cm³/mol. The van der Waals surface area contributed by atoms with Crippen LogP contribution in [0.25, 0.3) is 0 Å². The molecule has 2 rings (SSSR count). The van der Waals surface area contributed by atoms with E-state index in [0.717, 1.165) is 19.0 Å². The van der Waals surface area contributed by atoms with Crippen LogP contribution in [0.1, 0.15) is 46.5 Å². The summed E-state index contributed by atoms with van der Waals surface area (Å²) in [5, 5.41) is 7.09. The normalized spacial score (nSPS) is 24.7. The molecule has 0 radical (unpaired) electrons. The number of rotatable bonds is 5. The second kappa shape index (κ2) is 11.5. The van der Waals surface area contributed by atoms with Gasteiger partial charge in [0, 0.05) is 44.8 Å². The van der Waals surface area contributed by atoms with Gasteiger partial charge in [0.2, 0.25) is 0 Å². The molecule has 0 aromatic heterocycles. The zero-order valence-electron chi connectivity index (χ0n) is 16.1. The van der Waals surface area contributed by atoms with Gasteiger partial charge in [-0.15, -0.1) is 24.0 Å². The lowest BCUT2D eigenvalue weighted by Gasteiger charge is -2.35. The van der Waals surface area contributed by atoms with Crippen molar-refractivity contribution in [1.29, 1.82) is 0 Å². The van der Waals surface area contributed by atoms with E-state index in [4.69, 9.17) is 4.99 Å². The molecule has 2 fully saturated rings. The van der Waals surface area contributed by atoms with Crippen molar-refractivity contribution in [1.82, 2.24) is 20.4 Å². The molecule has 24 heavy (non-hydrogen) atoms. The minimum atomic E-state index is 0. The highest BCUT2D eigenvalue weighted by Gasteiger charge is 2.22. The average Bonchev–Trinajstić information content (AvgIpc) is 2.53. The molecule has 142 valence electrons. The van der Waals surface area contributed by atoms with Crippen LogP contribution in [0.4, 0.5) is 0 Å². The summed E-state index contributed by atoms with van der Waals surface area (Å²) in [5.41, 5.74) is 0. The van der Waals surface area contributed by atoms with E-state index in [-0.39, 0.29) is 24.0 Å². The summed E-state index contributed by atoms with van der Waals surface area (Å²) < 4.78 is 0. The van der Waals surface area contributed by atoms with Crippen molar-refractivity contribution in [3.05, 3.63) is 0 Å². The first kappa shape index (κ1) is 22.0. The molecule has 0 aliphatic carbocycles. The summed E-state index contributed by atoms with van der Waals surface area (Å²) in [6.45, 7) is 13.4.